The molecule has 0 radical (unpaired) electrons. The number of amides is 1. The van der Waals surface area contributed by atoms with E-state index in [1.165, 1.54) is 11.8 Å². The molecule has 0 bridgehead atoms. The Balaban J connectivity index is 1.96. The van der Waals surface area contributed by atoms with Crippen molar-refractivity contribution in [3.63, 3.8) is 0 Å². The van der Waals surface area contributed by atoms with Gasteiger partial charge in [-0.15, -0.1) is 11.8 Å². The quantitative estimate of drug-likeness (QED) is 0.667. The molecule has 4 heteroatoms. The van der Waals surface area contributed by atoms with Gasteiger partial charge in [-0.1, -0.05) is 24.3 Å². The molecule has 20 heavy (non-hydrogen) atoms. The van der Waals surface area contributed by atoms with Crippen LogP contribution in [0.4, 0.5) is 11.4 Å². The van der Waals surface area contributed by atoms with Crippen LogP contribution in [-0.4, -0.2) is 11.7 Å². The van der Waals surface area contributed by atoms with Gasteiger partial charge in [0.15, 0.2) is 0 Å². The largest absolute Gasteiger partial charge is 0.399 e. The first-order valence-electron chi connectivity index (χ1n) is 6.40. The molecule has 0 fully saturated rings. The second-order valence-corrected chi connectivity index (χ2v) is 5.72. The van der Waals surface area contributed by atoms with Crippen molar-refractivity contribution >= 4 is 29.0 Å². The van der Waals surface area contributed by atoms with Crippen molar-refractivity contribution < 1.29 is 4.79 Å². The summed E-state index contributed by atoms with van der Waals surface area (Å²) in [6, 6.07) is 13.5. The van der Waals surface area contributed by atoms with E-state index in [0.29, 0.717) is 11.4 Å². The minimum Gasteiger partial charge on any atom is -0.399 e. The highest BCUT2D eigenvalue weighted by atomic mass is 32.2. The van der Waals surface area contributed by atoms with Gasteiger partial charge in [0.05, 0.1) is 5.75 Å². The van der Waals surface area contributed by atoms with E-state index in [1.807, 2.05) is 56.3 Å². The topological polar surface area (TPSA) is 55.1 Å². The van der Waals surface area contributed by atoms with E-state index in [4.69, 9.17) is 5.73 Å². The number of carbonyl (C=O) groups excluding carboxylic acids is 1. The molecule has 1 amide bonds. The predicted molar refractivity (Wildman–Crippen MR) is 86.1 cm³/mol. The lowest BCUT2D eigenvalue weighted by Gasteiger charge is -2.11. The van der Waals surface area contributed by atoms with Gasteiger partial charge >= 0.3 is 0 Å². The first kappa shape index (κ1) is 14.5. The van der Waals surface area contributed by atoms with Gasteiger partial charge in [0.25, 0.3) is 0 Å². The molecule has 0 aliphatic carbocycles. The van der Waals surface area contributed by atoms with Crippen molar-refractivity contribution in [2.24, 2.45) is 0 Å². The number of anilines is 2. The van der Waals surface area contributed by atoms with E-state index in [9.17, 15) is 4.79 Å². The summed E-state index contributed by atoms with van der Waals surface area (Å²) in [5, 5.41) is 2.97. The Morgan fingerprint density at radius 1 is 1.15 bits per heavy atom. The van der Waals surface area contributed by atoms with Crippen molar-refractivity contribution in [1.82, 2.24) is 0 Å². The Bertz CT molecular complexity index is 605. The summed E-state index contributed by atoms with van der Waals surface area (Å²) < 4.78 is 0. The zero-order valence-corrected chi connectivity index (χ0v) is 12.5. The summed E-state index contributed by atoms with van der Waals surface area (Å²) in [5.41, 5.74) is 9.49. The number of para-hydroxylation sites is 1. The Morgan fingerprint density at radius 2 is 1.80 bits per heavy atom. The van der Waals surface area contributed by atoms with Crippen LogP contribution in [0.15, 0.2) is 47.4 Å². The molecule has 2 rings (SSSR count). The zero-order chi connectivity index (χ0) is 14.5. The average Bonchev–Trinajstić information content (AvgIpc) is 2.41. The fraction of sp³-hybridized carbons (Fsp3) is 0.188. The number of hydrogen-bond donors (Lipinski definition) is 2. The third kappa shape index (κ3) is 3.78. The molecule has 0 aliphatic rings. The van der Waals surface area contributed by atoms with Crippen LogP contribution in [0.1, 0.15) is 11.1 Å². The molecule has 0 saturated heterocycles. The Kier molecular flexibility index (Phi) is 4.69. The summed E-state index contributed by atoms with van der Waals surface area (Å²) >= 11 is 1.48. The molecule has 3 nitrogen and oxygen atoms in total. The molecule has 104 valence electrons. The second kappa shape index (κ2) is 6.48. The highest BCUT2D eigenvalue weighted by molar-refractivity contribution is 8.00. The number of nitrogens with two attached hydrogens (primary N) is 1. The monoisotopic (exact) mass is 286 g/mol. The lowest BCUT2D eigenvalue weighted by Crippen LogP contribution is -2.15. The van der Waals surface area contributed by atoms with Gasteiger partial charge in [-0.05, 0) is 43.2 Å². The zero-order valence-electron chi connectivity index (χ0n) is 11.6. The van der Waals surface area contributed by atoms with Crippen LogP contribution in [0, 0.1) is 13.8 Å². The highest BCUT2D eigenvalue weighted by Crippen LogP contribution is 2.22. The summed E-state index contributed by atoms with van der Waals surface area (Å²) in [7, 11) is 0. The summed E-state index contributed by atoms with van der Waals surface area (Å²) in [4.78, 5) is 13.0. The third-order valence-electron chi connectivity index (χ3n) is 2.97. The van der Waals surface area contributed by atoms with Crippen molar-refractivity contribution in [2.45, 2.75) is 18.7 Å². The molecule has 0 saturated carbocycles. The molecule has 3 N–H and O–H groups in total. The highest BCUT2D eigenvalue weighted by Gasteiger charge is 2.07. The van der Waals surface area contributed by atoms with Gasteiger partial charge < -0.3 is 11.1 Å². The Hall–Kier alpha value is -1.94. The predicted octanol–water partition coefficient (Wildman–Crippen LogP) is 3.62. The van der Waals surface area contributed by atoms with Gasteiger partial charge in [0.1, 0.15) is 0 Å². The number of nitrogen functional groups attached to an aromatic ring is 1. The molecule has 2 aromatic rings. The van der Waals surface area contributed by atoms with Crippen LogP contribution in [0.3, 0.4) is 0 Å². The van der Waals surface area contributed by atoms with Crippen molar-refractivity contribution in [1.29, 1.82) is 0 Å². The van der Waals surface area contributed by atoms with Gasteiger partial charge in [-0.2, -0.15) is 0 Å². The molecular formula is C16H18N2OS. The normalized spacial score (nSPS) is 10.3. The Labute approximate surface area is 123 Å². The number of hydrogen-bond acceptors (Lipinski definition) is 3. The first-order valence-corrected chi connectivity index (χ1v) is 7.39. The fourth-order valence-corrected chi connectivity index (χ4v) is 2.70. The number of benzene rings is 2. The third-order valence-corrected chi connectivity index (χ3v) is 3.97. The van der Waals surface area contributed by atoms with Crippen molar-refractivity contribution in [2.75, 3.05) is 16.8 Å². The average molecular weight is 286 g/mol. The molecule has 0 heterocycles. The maximum Gasteiger partial charge on any atom is 0.234 e. The standard InChI is InChI=1S/C16H18N2OS/c1-11-5-3-6-12(2)16(11)18-15(19)10-20-14-8-4-7-13(17)9-14/h3-9H,10,17H2,1-2H3,(H,18,19). The van der Waals surface area contributed by atoms with Crippen LogP contribution in [-0.2, 0) is 4.79 Å². The molecule has 0 unspecified atom stereocenters. The summed E-state index contributed by atoms with van der Waals surface area (Å²) in [5.74, 6) is 0.367. The molecular weight excluding hydrogens is 268 g/mol. The van der Waals surface area contributed by atoms with E-state index in [2.05, 4.69) is 5.32 Å². The maximum atomic E-state index is 12.0. The number of rotatable bonds is 4. The van der Waals surface area contributed by atoms with Crippen LogP contribution < -0.4 is 11.1 Å². The lowest BCUT2D eigenvalue weighted by molar-refractivity contribution is -0.113. The molecule has 0 spiro atoms. The number of nitrogens with one attached hydrogen (secondary N) is 1. The van der Waals surface area contributed by atoms with Crippen molar-refractivity contribution in [3.8, 4) is 0 Å². The smallest absolute Gasteiger partial charge is 0.234 e. The minimum atomic E-state index is -0.00479. The van der Waals surface area contributed by atoms with Gasteiger partial charge in [0, 0.05) is 16.3 Å². The van der Waals surface area contributed by atoms with Crippen molar-refractivity contribution in [3.05, 3.63) is 53.6 Å². The van der Waals surface area contributed by atoms with Crippen LogP contribution in [0.5, 0.6) is 0 Å². The second-order valence-electron chi connectivity index (χ2n) is 4.68. The SMILES string of the molecule is Cc1cccc(C)c1NC(=O)CSc1cccc(N)c1. The molecule has 0 atom stereocenters. The molecule has 0 aromatic heterocycles. The summed E-state index contributed by atoms with van der Waals surface area (Å²) in [6.07, 6.45) is 0. The maximum absolute atomic E-state index is 12.0. The summed E-state index contributed by atoms with van der Waals surface area (Å²) in [6.45, 7) is 3.99. The van der Waals surface area contributed by atoms with E-state index >= 15 is 0 Å². The lowest BCUT2D eigenvalue weighted by atomic mass is 10.1. The van der Waals surface area contributed by atoms with Gasteiger partial charge in [-0.25, -0.2) is 0 Å². The minimum absolute atomic E-state index is 0.00479. The van der Waals surface area contributed by atoms with E-state index in [0.717, 1.165) is 21.7 Å². The van der Waals surface area contributed by atoms with Crippen LogP contribution in [0.25, 0.3) is 0 Å². The number of carbonyl (C=O) groups is 1. The van der Waals surface area contributed by atoms with E-state index < -0.39 is 0 Å². The van der Waals surface area contributed by atoms with Gasteiger partial charge in [-0.3, -0.25) is 4.79 Å². The van der Waals surface area contributed by atoms with E-state index in [1.54, 1.807) is 0 Å². The van der Waals surface area contributed by atoms with Crippen LogP contribution in [0.2, 0.25) is 0 Å². The number of aryl methyl sites for hydroxylation is 2. The first-order chi connectivity index (χ1) is 9.56. The molecule has 2 aromatic carbocycles. The van der Waals surface area contributed by atoms with Gasteiger partial charge in [0.2, 0.25) is 5.91 Å². The van der Waals surface area contributed by atoms with E-state index in [-0.39, 0.29) is 5.91 Å². The number of thioether (sulfide) groups is 1. The molecule has 0 aliphatic heterocycles. The fourth-order valence-electron chi connectivity index (χ4n) is 1.94. The van der Waals surface area contributed by atoms with Crippen LogP contribution >= 0.6 is 11.8 Å². The Morgan fingerprint density at radius 3 is 2.45 bits per heavy atom.